The average Bonchev–Trinajstić information content (AvgIpc) is 3.42. The van der Waals surface area contributed by atoms with Crippen LogP contribution in [0.3, 0.4) is 0 Å². The standard InChI is InChI=1S/C43H37N3/c1-2-12-26(13-3-1)34-25-39(44-36-21-9-8-18-31(34)36)45-37-22-10-19-32-29-16-6-7-17-30(29)35-24-27-14-4-5-15-28(27)40-33-20-11-23-38(45)42(33)46(41(32)37)43(35)40/h4-12,14-21,23,27,35,37,39,43H,1-3,13,22,24-25H2. The molecule has 4 aliphatic carbocycles. The maximum absolute atomic E-state index is 5.62. The largest absolute Gasteiger partial charge is 0.339 e. The third-order valence-electron chi connectivity index (χ3n) is 12.1. The van der Waals surface area contributed by atoms with Crippen molar-refractivity contribution in [2.45, 2.75) is 69.1 Å². The van der Waals surface area contributed by atoms with E-state index in [1.165, 1.54) is 81.4 Å². The third-order valence-corrected chi connectivity index (χ3v) is 12.1. The van der Waals surface area contributed by atoms with Crippen molar-refractivity contribution in [3.8, 4) is 0 Å². The molecule has 11 rings (SSSR count). The number of allylic oxidation sites excluding steroid dienone is 9. The summed E-state index contributed by atoms with van der Waals surface area (Å²) in [6.07, 6.45) is 25.0. The fourth-order valence-corrected chi connectivity index (χ4v) is 10.4. The summed E-state index contributed by atoms with van der Waals surface area (Å²) in [7, 11) is 0. The van der Waals surface area contributed by atoms with Crippen LogP contribution in [0, 0.1) is 5.92 Å². The molecule has 3 aromatic carbocycles. The quantitative estimate of drug-likeness (QED) is 0.298. The summed E-state index contributed by atoms with van der Waals surface area (Å²) in [6.45, 7) is 0. The molecule has 3 heteroatoms. The topological polar surface area (TPSA) is 18.8 Å². The van der Waals surface area contributed by atoms with Gasteiger partial charge in [-0.05, 0) is 84.1 Å². The maximum atomic E-state index is 5.62. The lowest BCUT2D eigenvalue weighted by atomic mass is 9.69. The minimum absolute atomic E-state index is 0.0476. The minimum atomic E-state index is 0.0476. The van der Waals surface area contributed by atoms with Gasteiger partial charge in [-0.3, -0.25) is 4.99 Å². The second-order valence-corrected chi connectivity index (χ2v) is 14.3. The van der Waals surface area contributed by atoms with Crippen LogP contribution < -0.4 is 20.4 Å². The van der Waals surface area contributed by atoms with Crippen LogP contribution >= 0.6 is 0 Å². The molecular formula is C43H37N3. The Morgan fingerprint density at radius 2 is 1.76 bits per heavy atom. The Balaban J connectivity index is 1.19. The van der Waals surface area contributed by atoms with E-state index in [0.717, 1.165) is 24.6 Å². The van der Waals surface area contributed by atoms with Gasteiger partial charge in [0.2, 0.25) is 0 Å². The predicted octanol–water partition coefficient (Wildman–Crippen LogP) is 8.13. The van der Waals surface area contributed by atoms with E-state index in [-0.39, 0.29) is 12.2 Å². The average molecular weight is 596 g/mol. The highest BCUT2D eigenvalue weighted by Gasteiger charge is 2.55. The number of para-hydroxylation sites is 2. The first-order chi connectivity index (χ1) is 22.8. The summed E-state index contributed by atoms with van der Waals surface area (Å²) < 4.78 is 0. The molecule has 0 spiro atoms. The predicted molar refractivity (Wildman–Crippen MR) is 188 cm³/mol. The van der Waals surface area contributed by atoms with Crippen LogP contribution in [0.4, 0.5) is 11.4 Å². The molecule has 224 valence electrons. The number of hydrogen-bond donors (Lipinski definition) is 0. The SMILES string of the molecule is C1=CC2=C3c4cccc5c4N4C6=C(C=CCC6N5C5CC(C6=CCCCC6)=c6ccccc6=N5)c5ccccc5C(CC2C=C1)C34. The van der Waals surface area contributed by atoms with Gasteiger partial charge in [-0.25, -0.2) is 0 Å². The second kappa shape index (κ2) is 9.45. The molecule has 3 aromatic rings. The molecular weight excluding hydrogens is 558 g/mol. The molecule has 0 saturated carbocycles. The third kappa shape index (κ3) is 3.31. The van der Waals surface area contributed by atoms with E-state index in [1.807, 2.05) is 0 Å². The highest BCUT2D eigenvalue weighted by molar-refractivity contribution is 6.04. The molecule has 46 heavy (non-hydrogen) atoms. The van der Waals surface area contributed by atoms with Crippen LogP contribution in [0.25, 0.3) is 16.7 Å². The summed E-state index contributed by atoms with van der Waals surface area (Å²) in [5.74, 6) is 0.891. The lowest BCUT2D eigenvalue weighted by Crippen LogP contribution is -2.55. The monoisotopic (exact) mass is 595 g/mol. The van der Waals surface area contributed by atoms with Crippen molar-refractivity contribution in [3.05, 3.63) is 153 Å². The molecule has 0 bridgehead atoms. The van der Waals surface area contributed by atoms with Gasteiger partial charge in [0.25, 0.3) is 0 Å². The number of rotatable bonds is 2. The number of hydrogen-bond acceptors (Lipinski definition) is 3. The first kappa shape index (κ1) is 25.5. The zero-order valence-corrected chi connectivity index (χ0v) is 26.1. The molecule has 5 atom stereocenters. The van der Waals surface area contributed by atoms with Crippen LogP contribution in [0.5, 0.6) is 0 Å². The molecule has 0 amide bonds. The summed E-state index contributed by atoms with van der Waals surface area (Å²) in [6, 6.07) is 26.0. The molecule has 0 N–H and O–H groups in total. The zero-order chi connectivity index (χ0) is 29.9. The van der Waals surface area contributed by atoms with Crippen LogP contribution in [0.1, 0.15) is 67.6 Å². The van der Waals surface area contributed by atoms with Crippen molar-refractivity contribution >= 4 is 28.1 Å². The smallest absolute Gasteiger partial charge is 0.126 e. The minimum Gasteiger partial charge on any atom is -0.339 e. The van der Waals surface area contributed by atoms with E-state index < -0.39 is 0 Å². The fraction of sp³-hybridized carbons (Fsp3) is 0.279. The highest BCUT2D eigenvalue weighted by Crippen LogP contribution is 2.63. The Bertz CT molecular complexity index is 2190. The Labute approximate surface area is 270 Å². The number of fused-ring (bicyclic) bond motifs is 6. The first-order valence-electron chi connectivity index (χ1n) is 17.5. The fourth-order valence-electron chi connectivity index (χ4n) is 10.4. The van der Waals surface area contributed by atoms with Crippen molar-refractivity contribution in [2.75, 3.05) is 9.80 Å². The van der Waals surface area contributed by atoms with Gasteiger partial charge >= 0.3 is 0 Å². The van der Waals surface area contributed by atoms with E-state index >= 15 is 0 Å². The Morgan fingerprint density at radius 3 is 2.72 bits per heavy atom. The van der Waals surface area contributed by atoms with E-state index in [4.69, 9.17) is 4.99 Å². The molecule has 0 fully saturated rings. The molecule has 4 heterocycles. The van der Waals surface area contributed by atoms with Gasteiger partial charge in [0.1, 0.15) is 6.17 Å². The van der Waals surface area contributed by atoms with Gasteiger partial charge in [-0.1, -0.05) is 97.1 Å². The molecule has 4 aliphatic heterocycles. The van der Waals surface area contributed by atoms with Gasteiger partial charge in [0, 0.05) is 40.3 Å². The van der Waals surface area contributed by atoms with Crippen LogP contribution in [0.2, 0.25) is 0 Å². The molecule has 8 aliphatic rings. The molecule has 0 aromatic heterocycles. The number of anilines is 2. The Kier molecular flexibility index (Phi) is 5.25. The second-order valence-electron chi connectivity index (χ2n) is 14.3. The molecule has 0 saturated heterocycles. The summed E-state index contributed by atoms with van der Waals surface area (Å²) >= 11 is 0. The van der Waals surface area contributed by atoms with E-state index in [1.54, 1.807) is 11.1 Å². The van der Waals surface area contributed by atoms with Gasteiger partial charge in [0.15, 0.2) is 0 Å². The van der Waals surface area contributed by atoms with Crippen molar-refractivity contribution < 1.29 is 0 Å². The summed E-state index contributed by atoms with van der Waals surface area (Å²) in [4.78, 5) is 11.2. The summed E-state index contributed by atoms with van der Waals surface area (Å²) in [5.41, 5.74) is 16.3. The van der Waals surface area contributed by atoms with Crippen LogP contribution in [0.15, 0.2) is 131 Å². The Morgan fingerprint density at radius 1 is 0.848 bits per heavy atom. The van der Waals surface area contributed by atoms with E-state index in [0.29, 0.717) is 17.9 Å². The van der Waals surface area contributed by atoms with Gasteiger partial charge < -0.3 is 9.80 Å². The van der Waals surface area contributed by atoms with Gasteiger partial charge in [-0.2, -0.15) is 0 Å². The van der Waals surface area contributed by atoms with E-state index in [2.05, 4.69) is 119 Å². The maximum Gasteiger partial charge on any atom is 0.126 e. The lowest BCUT2D eigenvalue weighted by Gasteiger charge is -2.51. The summed E-state index contributed by atoms with van der Waals surface area (Å²) in [5, 5.41) is 2.50. The van der Waals surface area contributed by atoms with Crippen LogP contribution in [-0.4, -0.2) is 18.2 Å². The van der Waals surface area contributed by atoms with Crippen LogP contribution in [-0.2, 0) is 0 Å². The van der Waals surface area contributed by atoms with Crippen molar-refractivity contribution in [3.63, 3.8) is 0 Å². The molecule has 0 radical (unpaired) electrons. The van der Waals surface area contributed by atoms with Gasteiger partial charge in [-0.15, -0.1) is 0 Å². The van der Waals surface area contributed by atoms with Crippen molar-refractivity contribution in [1.29, 1.82) is 0 Å². The number of benzene rings is 3. The van der Waals surface area contributed by atoms with Crippen molar-refractivity contribution in [2.24, 2.45) is 10.9 Å². The zero-order valence-electron chi connectivity index (χ0n) is 26.1. The molecule has 3 nitrogen and oxygen atoms in total. The lowest BCUT2D eigenvalue weighted by molar-refractivity contribution is 0.470. The first-order valence-corrected chi connectivity index (χ1v) is 17.5. The van der Waals surface area contributed by atoms with Gasteiger partial charge in [0.05, 0.1) is 28.8 Å². The number of nitrogens with zero attached hydrogens (tertiary/aromatic N) is 3. The normalized spacial score (nSPS) is 29.1. The van der Waals surface area contributed by atoms with E-state index in [9.17, 15) is 0 Å². The Hall–Kier alpha value is -4.63. The highest BCUT2D eigenvalue weighted by atomic mass is 15.4. The van der Waals surface area contributed by atoms with Crippen molar-refractivity contribution in [1.82, 2.24) is 0 Å². The molecule has 5 unspecified atom stereocenters.